The number of nitro benzene ring substituents is 1. The molecule has 0 unspecified atom stereocenters. The number of carbonyl (C=O) groups is 1. The Hall–Kier alpha value is -3.87. The Kier molecular flexibility index (Phi) is 5.09. The molecule has 7 heteroatoms. The van der Waals surface area contributed by atoms with Crippen LogP contribution in [0.3, 0.4) is 0 Å². The van der Waals surface area contributed by atoms with Crippen molar-refractivity contribution in [3.63, 3.8) is 0 Å². The van der Waals surface area contributed by atoms with Crippen molar-refractivity contribution in [3.8, 4) is 11.5 Å². The summed E-state index contributed by atoms with van der Waals surface area (Å²) in [5.74, 6) is 1.15. The smallest absolute Gasteiger partial charge is 0.323 e. The minimum atomic E-state index is -0.499. The van der Waals surface area contributed by atoms with Gasteiger partial charge in [0, 0.05) is 17.8 Å². The maximum atomic E-state index is 12.2. The minimum Gasteiger partial charge on any atom is -0.455 e. The van der Waals surface area contributed by atoms with Crippen molar-refractivity contribution >= 4 is 23.1 Å². The number of nitrogens with one attached hydrogen (secondary N) is 2. The van der Waals surface area contributed by atoms with Crippen molar-refractivity contribution in [1.82, 2.24) is 0 Å². The van der Waals surface area contributed by atoms with Gasteiger partial charge in [-0.2, -0.15) is 0 Å². The van der Waals surface area contributed by atoms with Crippen molar-refractivity contribution < 1.29 is 14.5 Å². The Morgan fingerprint density at radius 3 is 2.19 bits per heavy atom. The number of ether oxygens (including phenoxy) is 1. The summed E-state index contributed by atoms with van der Waals surface area (Å²) < 4.78 is 5.79. The lowest BCUT2D eigenvalue weighted by atomic mass is 10.2. The van der Waals surface area contributed by atoms with Crippen LogP contribution in [0.2, 0.25) is 0 Å². The molecule has 0 aliphatic rings. The van der Waals surface area contributed by atoms with E-state index in [2.05, 4.69) is 10.6 Å². The Morgan fingerprint density at radius 1 is 0.846 bits per heavy atom. The molecule has 2 amide bonds. The summed E-state index contributed by atoms with van der Waals surface area (Å²) in [6.45, 7) is 0. The molecule has 3 aromatic rings. The van der Waals surface area contributed by atoms with Gasteiger partial charge in [-0.25, -0.2) is 4.79 Å². The third kappa shape index (κ3) is 4.35. The molecular formula is C19H15N3O4. The first-order valence-corrected chi connectivity index (χ1v) is 7.76. The van der Waals surface area contributed by atoms with Crippen LogP contribution in [0.25, 0.3) is 0 Å². The van der Waals surface area contributed by atoms with Gasteiger partial charge in [0.15, 0.2) is 5.75 Å². The second kappa shape index (κ2) is 7.80. The highest BCUT2D eigenvalue weighted by Gasteiger charge is 2.10. The van der Waals surface area contributed by atoms with Crippen LogP contribution in [0.4, 0.5) is 21.9 Å². The lowest BCUT2D eigenvalue weighted by Crippen LogP contribution is -2.19. The van der Waals surface area contributed by atoms with Gasteiger partial charge < -0.3 is 15.4 Å². The lowest BCUT2D eigenvalue weighted by molar-refractivity contribution is -0.384. The zero-order chi connectivity index (χ0) is 18.4. The van der Waals surface area contributed by atoms with E-state index in [-0.39, 0.29) is 5.69 Å². The normalized spacial score (nSPS) is 10.0. The summed E-state index contributed by atoms with van der Waals surface area (Å²) in [5.41, 5.74) is 0.892. The van der Waals surface area contributed by atoms with Crippen LogP contribution in [0.5, 0.6) is 11.5 Å². The number of nitrogens with zero attached hydrogens (tertiary/aromatic N) is 1. The number of anilines is 2. The molecule has 3 aromatic carbocycles. The Balaban J connectivity index is 1.68. The number of nitro groups is 1. The van der Waals surface area contributed by atoms with Gasteiger partial charge >= 0.3 is 6.03 Å². The highest BCUT2D eigenvalue weighted by Crippen LogP contribution is 2.29. The van der Waals surface area contributed by atoms with E-state index in [1.807, 2.05) is 30.3 Å². The largest absolute Gasteiger partial charge is 0.455 e. The van der Waals surface area contributed by atoms with Crippen LogP contribution < -0.4 is 15.4 Å². The third-order valence-corrected chi connectivity index (χ3v) is 3.44. The summed E-state index contributed by atoms with van der Waals surface area (Å²) in [7, 11) is 0. The van der Waals surface area contributed by atoms with Crippen molar-refractivity contribution in [2.24, 2.45) is 0 Å². The van der Waals surface area contributed by atoms with E-state index >= 15 is 0 Å². The summed E-state index contributed by atoms with van der Waals surface area (Å²) >= 11 is 0. The molecule has 0 saturated heterocycles. The number of rotatable bonds is 5. The molecular weight excluding hydrogens is 334 g/mol. The maximum Gasteiger partial charge on any atom is 0.323 e. The predicted octanol–water partition coefficient (Wildman–Crippen LogP) is 5.03. The first-order chi connectivity index (χ1) is 12.6. The zero-order valence-electron chi connectivity index (χ0n) is 13.6. The molecule has 0 saturated carbocycles. The Labute approximate surface area is 149 Å². The van der Waals surface area contributed by atoms with Crippen LogP contribution in [-0.4, -0.2) is 11.0 Å². The fraction of sp³-hybridized carbons (Fsp3) is 0. The van der Waals surface area contributed by atoms with Crippen LogP contribution in [-0.2, 0) is 0 Å². The number of hydrogen-bond donors (Lipinski definition) is 2. The monoisotopic (exact) mass is 349 g/mol. The molecule has 130 valence electrons. The van der Waals surface area contributed by atoms with Crippen LogP contribution in [0.15, 0.2) is 78.9 Å². The van der Waals surface area contributed by atoms with Crippen molar-refractivity contribution in [3.05, 3.63) is 89.0 Å². The van der Waals surface area contributed by atoms with E-state index in [1.54, 1.807) is 24.3 Å². The summed E-state index contributed by atoms with van der Waals surface area (Å²) in [6, 6.07) is 21.3. The first-order valence-electron chi connectivity index (χ1n) is 7.76. The van der Waals surface area contributed by atoms with Crippen LogP contribution >= 0.6 is 0 Å². The van der Waals surface area contributed by atoms with Crippen LogP contribution in [0, 0.1) is 10.1 Å². The molecule has 0 fully saturated rings. The van der Waals surface area contributed by atoms with Gasteiger partial charge in [0.1, 0.15) is 5.75 Å². The molecule has 0 atom stereocenters. The standard InChI is InChI=1S/C19H15N3O4/c23-19(20-14-10-12-15(13-11-14)22(24)25)21-17-8-4-5-9-18(17)26-16-6-2-1-3-7-16/h1-13H,(H2,20,21,23). The highest BCUT2D eigenvalue weighted by atomic mass is 16.6. The van der Waals surface area contributed by atoms with Gasteiger partial charge in [0.25, 0.3) is 5.69 Å². The summed E-state index contributed by atoms with van der Waals surface area (Å²) in [4.78, 5) is 22.3. The van der Waals surface area contributed by atoms with E-state index in [4.69, 9.17) is 4.74 Å². The number of amides is 2. The number of benzene rings is 3. The fourth-order valence-corrected chi connectivity index (χ4v) is 2.23. The molecule has 0 spiro atoms. The summed E-state index contributed by atoms with van der Waals surface area (Å²) in [6.07, 6.45) is 0. The highest BCUT2D eigenvalue weighted by molar-refractivity contribution is 6.00. The van der Waals surface area contributed by atoms with Gasteiger partial charge in [-0.05, 0) is 36.4 Å². The maximum absolute atomic E-state index is 12.2. The van der Waals surface area contributed by atoms with E-state index < -0.39 is 11.0 Å². The van der Waals surface area contributed by atoms with Crippen molar-refractivity contribution in [2.75, 3.05) is 10.6 Å². The molecule has 0 aromatic heterocycles. The topological polar surface area (TPSA) is 93.5 Å². The number of urea groups is 1. The average Bonchev–Trinajstić information content (AvgIpc) is 2.64. The minimum absolute atomic E-state index is 0.0439. The molecule has 2 N–H and O–H groups in total. The van der Waals surface area contributed by atoms with E-state index in [9.17, 15) is 14.9 Å². The SMILES string of the molecule is O=C(Nc1ccc([N+](=O)[O-])cc1)Nc1ccccc1Oc1ccccc1. The van der Waals surface area contributed by atoms with Crippen LogP contribution in [0.1, 0.15) is 0 Å². The average molecular weight is 349 g/mol. The van der Waals surface area contributed by atoms with Gasteiger partial charge in [-0.3, -0.25) is 10.1 Å². The number of hydrogen-bond acceptors (Lipinski definition) is 4. The van der Waals surface area contributed by atoms with E-state index in [1.165, 1.54) is 24.3 Å². The second-order valence-electron chi connectivity index (χ2n) is 5.29. The number of para-hydroxylation sites is 3. The molecule has 0 aliphatic carbocycles. The van der Waals surface area contributed by atoms with Gasteiger partial charge in [0.05, 0.1) is 10.6 Å². The Morgan fingerprint density at radius 2 is 1.50 bits per heavy atom. The summed E-state index contributed by atoms with van der Waals surface area (Å²) in [5, 5.41) is 16.0. The van der Waals surface area contributed by atoms with Crippen molar-refractivity contribution in [1.29, 1.82) is 0 Å². The number of carbonyl (C=O) groups excluding carboxylic acids is 1. The van der Waals surface area contributed by atoms with E-state index in [0.29, 0.717) is 22.9 Å². The quantitative estimate of drug-likeness (QED) is 0.499. The zero-order valence-corrected chi connectivity index (χ0v) is 13.6. The molecule has 0 bridgehead atoms. The molecule has 3 rings (SSSR count). The number of non-ortho nitro benzene ring substituents is 1. The van der Waals surface area contributed by atoms with Gasteiger partial charge in [-0.15, -0.1) is 0 Å². The Bertz CT molecular complexity index is 912. The second-order valence-corrected chi connectivity index (χ2v) is 5.29. The predicted molar refractivity (Wildman–Crippen MR) is 98.7 cm³/mol. The lowest BCUT2D eigenvalue weighted by Gasteiger charge is -2.12. The van der Waals surface area contributed by atoms with Crippen molar-refractivity contribution in [2.45, 2.75) is 0 Å². The molecule has 0 aliphatic heterocycles. The molecule has 26 heavy (non-hydrogen) atoms. The first kappa shape index (κ1) is 17.0. The van der Waals surface area contributed by atoms with Gasteiger partial charge in [0.2, 0.25) is 0 Å². The fourth-order valence-electron chi connectivity index (χ4n) is 2.23. The third-order valence-electron chi connectivity index (χ3n) is 3.44. The molecule has 0 radical (unpaired) electrons. The van der Waals surface area contributed by atoms with Gasteiger partial charge in [-0.1, -0.05) is 30.3 Å². The molecule has 0 heterocycles. The molecule has 7 nitrogen and oxygen atoms in total. The van der Waals surface area contributed by atoms with E-state index in [0.717, 1.165) is 0 Å².